The van der Waals surface area contributed by atoms with Gasteiger partial charge in [-0.15, -0.1) is 0 Å². The van der Waals surface area contributed by atoms with Crippen LogP contribution in [0.5, 0.6) is 0 Å². The minimum absolute atomic E-state index is 0.240. The van der Waals surface area contributed by atoms with Crippen LogP contribution in [0.3, 0.4) is 0 Å². The van der Waals surface area contributed by atoms with E-state index >= 15 is 0 Å². The second-order valence-electron chi connectivity index (χ2n) is 8.37. The van der Waals surface area contributed by atoms with Crippen molar-refractivity contribution in [3.63, 3.8) is 0 Å². The fourth-order valence-electron chi connectivity index (χ4n) is 4.03. The van der Waals surface area contributed by atoms with Crippen molar-refractivity contribution in [3.8, 4) is 11.1 Å². The summed E-state index contributed by atoms with van der Waals surface area (Å²) in [6.07, 6.45) is 11.7. The first-order chi connectivity index (χ1) is 17.5. The molecule has 13 heteroatoms. The lowest BCUT2D eigenvalue weighted by atomic mass is 10.1. The summed E-state index contributed by atoms with van der Waals surface area (Å²) in [6, 6.07) is 4.61. The van der Waals surface area contributed by atoms with Crippen LogP contribution in [0.4, 0.5) is 5.95 Å². The van der Waals surface area contributed by atoms with Crippen LogP contribution in [-0.2, 0) is 21.2 Å². The maximum atomic E-state index is 13.1. The number of amides is 1. The zero-order valence-electron chi connectivity index (χ0n) is 19.7. The van der Waals surface area contributed by atoms with Crippen molar-refractivity contribution in [2.24, 2.45) is 0 Å². The largest absolute Gasteiger partial charge is 0.338 e. The van der Waals surface area contributed by atoms with Gasteiger partial charge in [0, 0.05) is 75.3 Å². The van der Waals surface area contributed by atoms with E-state index < -0.39 is 16.1 Å². The van der Waals surface area contributed by atoms with Crippen LogP contribution >= 0.6 is 0 Å². The minimum Gasteiger partial charge on any atom is -0.338 e. The number of carbonyl (C=O) groups excluding carboxylic acids is 1. The molecule has 0 saturated carbocycles. The van der Waals surface area contributed by atoms with E-state index in [1.54, 1.807) is 43.2 Å². The molecule has 4 heterocycles. The molecule has 1 amide bonds. The number of rotatable bonds is 11. The van der Waals surface area contributed by atoms with E-state index in [1.165, 1.54) is 4.31 Å². The molecule has 1 saturated heterocycles. The van der Waals surface area contributed by atoms with E-state index in [-0.39, 0.29) is 25.3 Å². The van der Waals surface area contributed by atoms with Crippen LogP contribution in [0.2, 0.25) is 0 Å². The van der Waals surface area contributed by atoms with Gasteiger partial charge in [0.1, 0.15) is 5.82 Å². The molecule has 3 aromatic heterocycles. The van der Waals surface area contributed by atoms with E-state index in [9.17, 15) is 18.4 Å². The summed E-state index contributed by atoms with van der Waals surface area (Å²) in [5.74, 6) is 0.796. The van der Waals surface area contributed by atoms with Crippen LogP contribution in [-0.4, -0.2) is 92.3 Å². The molecule has 1 unspecified atom stereocenters. The molecular formula is C23H28N8O4S. The Hall–Kier alpha value is -3.55. The van der Waals surface area contributed by atoms with Crippen molar-refractivity contribution in [3.05, 3.63) is 61.2 Å². The van der Waals surface area contributed by atoms with E-state index in [4.69, 9.17) is 0 Å². The highest BCUT2D eigenvalue weighted by molar-refractivity contribution is 7.89. The first-order valence-electron chi connectivity index (χ1n) is 11.6. The number of aryl methyl sites for hydroxylation is 1. The summed E-state index contributed by atoms with van der Waals surface area (Å²) in [4.78, 5) is 34.3. The third-order valence-electron chi connectivity index (χ3n) is 6.01. The maximum Gasteiger partial charge on any atom is 0.233 e. The van der Waals surface area contributed by atoms with Gasteiger partial charge in [0.2, 0.25) is 22.4 Å². The number of hydroxylamine groups is 2. The van der Waals surface area contributed by atoms with Crippen molar-refractivity contribution < 1.29 is 18.4 Å². The summed E-state index contributed by atoms with van der Waals surface area (Å²) in [6.45, 7) is 1.38. The highest BCUT2D eigenvalue weighted by Gasteiger charge is 2.32. The normalized spacial score (nSPS) is 15.4. The molecule has 36 heavy (non-hydrogen) atoms. The van der Waals surface area contributed by atoms with Crippen LogP contribution in [0.15, 0.2) is 55.4 Å². The first-order valence-corrected chi connectivity index (χ1v) is 13.2. The lowest BCUT2D eigenvalue weighted by Gasteiger charge is -2.35. The predicted octanol–water partition coefficient (Wildman–Crippen LogP) is 1.02. The Balaban J connectivity index is 1.32. The van der Waals surface area contributed by atoms with Gasteiger partial charge in [0.05, 0.1) is 11.8 Å². The molecule has 4 rings (SSSR count). The molecule has 12 nitrogen and oxygen atoms in total. The number of nitrogens with zero attached hydrogens (tertiary/aromatic N) is 8. The molecule has 3 aromatic rings. The maximum absolute atomic E-state index is 13.1. The molecule has 1 aliphatic rings. The second-order valence-corrected chi connectivity index (χ2v) is 10.4. The number of hydrogen-bond acceptors (Lipinski definition) is 10. The van der Waals surface area contributed by atoms with Crippen LogP contribution < -0.4 is 4.90 Å². The Morgan fingerprint density at radius 2 is 1.64 bits per heavy atom. The number of aromatic nitrogens is 5. The molecule has 0 spiro atoms. The summed E-state index contributed by atoms with van der Waals surface area (Å²) in [7, 11) is -3.71. The molecule has 1 fully saturated rings. The molecule has 190 valence electrons. The Morgan fingerprint density at radius 1 is 0.972 bits per heavy atom. The lowest BCUT2D eigenvalue weighted by Crippen LogP contribution is -2.51. The third-order valence-corrected chi connectivity index (χ3v) is 7.97. The van der Waals surface area contributed by atoms with E-state index in [1.807, 2.05) is 17.0 Å². The molecule has 0 aromatic carbocycles. The molecule has 0 aliphatic carbocycles. The molecule has 1 N–H and O–H groups in total. The number of carbonyl (C=O) groups is 1. The summed E-state index contributed by atoms with van der Waals surface area (Å²) in [5.41, 5.74) is 1.84. The van der Waals surface area contributed by atoms with Crippen LogP contribution in [0.1, 0.15) is 18.7 Å². The number of anilines is 1. The van der Waals surface area contributed by atoms with Gasteiger partial charge in [-0.2, -0.15) is 4.31 Å². The van der Waals surface area contributed by atoms with Crippen molar-refractivity contribution in [1.29, 1.82) is 0 Å². The van der Waals surface area contributed by atoms with Gasteiger partial charge in [0.25, 0.3) is 0 Å². The highest BCUT2D eigenvalue weighted by atomic mass is 32.2. The van der Waals surface area contributed by atoms with Gasteiger partial charge in [0.15, 0.2) is 0 Å². The van der Waals surface area contributed by atoms with Gasteiger partial charge in [-0.05, 0) is 36.6 Å². The minimum atomic E-state index is -3.71. The number of hydrogen-bond donors (Lipinski definition) is 1. The van der Waals surface area contributed by atoms with E-state index in [0.29, 0.717) is 49.2 Å². The molecule has 1 atom stereocenters. The zero-order valence-corrected chi connectivity index (χ0v) is 20.5. The van der Waals surface area contributed by atoms with Gasteiger partial charge in [-0.25, -0.2) is 33.4 Å². The average Bonchev–Trinajstić information content (AvgIpc) is 2.93. The van der Waals surface area contributed by atoms with Crippen molar-refractivity contribution >= 4 is 22.4 Å². The van der Waals surface area contributed by atoms with E-state index in [2.05, 4.69) is 24.9 Å². The topological polar surface area (TPSA) is 146 Å². The fraction of sp³-hybridized carbons (Fsp3) is 0.391. The number of piperazine rings is 1. The third kappa shape index (κ3) is 6.56. The van der Waals surface area contributed by atoms with Crippen LogP contribution in [0, 0.1) is 0 Å². The second kappa shape index (κ2) is 11.9. The lowest BCUT2D eigenvalue weighted by molar-refractivity contribution is -0.158. The first kappa shape index (κ1) is 25.5. The smallest absolute Gasteiger partial charge is 0.233 e. The quantitative estimate of drug-likeness (QED) is 0.224. The molecule has 0 bridgehead atoms. The number of sulfonamides is 1. The van der Waals surface area contributed by atoms with Crippen LogP contribution in [0.25, 0.3) is 11.1 Å². The highest BCUT2D eigenvalue weighted by Crippen LogP contribution is 2.20. The molecule has 1 aliphatic heterocycles. The monoisotopic (exact) mass is 512 g/mol. The molecule has 0 radical (unpaired) electrons. The van der Waals surface area contributed by atoms with Crippen molar-refractivity contribution in [2.75, 3.05) is 36.8 Å². The SMILES string of the molecule is O=CN(O)C(CCCc1ncccn1)CS(=O)(=O)N1CCN(c2ncc(-c3ccncc3)cn2)CC1. The molecular weight excluding hydrogens is 484 g/mol. The Labute approximate surface area is 209 Å². The summed E-state index contributed by atoms with van der Waals surface area (Å²) in [5, 5.41) is 10.4. The van der Waals surface area contributed by atoms with Crippen molar-refractivity contribution in [1.82, 2.24) is 34.3 Å². The summed E-state index contributed by atoms with van der Waals surface area (Å²) < 4.78 is 27.6. The van der Waals surface area contributed by atoms with Gasteiger partial charge >= 0.3 is 0 Å². The Morgan fingerprint density at radius 3 is 2.28 bits per heavy atom. The standard InChI is InChI=1S/C23H28N8O4S/c32-18-31(33)21(3-1-4-22-25-7-2-8-26-22)17-36(34,35)30-13-11-29(12-14-30)23-27-15-20(16-28-23)19-5-9-24-10-6-19/h2,5-10,15-16,18,21,33H,1,3-4,11-14,17H2. The van der Waals surface area contributed by atoms with Gasteiger partial charge < -0.3 is 4.90 Å². The average molecular weight is 513 g/mol. The van der Waals surface area contributed by atoms with E-state index in [0.717, 1.165) is 11.1 Å². The van der Waals surface area contributed by atoms with Crippen molar-refractivity contribution in [2.45, 2.75) is 25.3 Å². The zero-order chi connectivity index (χ0) is 25.4. The fourth-order valence-corrected chi connectivity index (χ4v) is 5.76. The number of pyridine rings is 1. The predicted molar refractivity (Wildman–Crippen MR) is 131 cm³/mol. The summed E-state index contributed by atoms with van der Waals surface area (Å²) >= 11 is 0. The van der Waals surface area contributed by atoms with Gasteiger partial charge in [-0.1, -0.05) is 0 Å². The van der Waals surface area contributed by atoms with Gasteiger partial charge in [-0.3, -0.25) is 15.0 Å². The Kier molecular flexibility index (Phi) is 8.46. The Bertz CT molecular complexity index is 1210.